The molecule has 0 amide bonds. The van der Waals surface area contributed by atoms with Gasteiger partial charge in [-0.1, -0.05) is 6.92 Å². The van der Waals surface area contributed by atoms with Crippen molar-refractivity contribution < 1.29 is 33.1 Å². The van der Waals surface area contributed by atoms with Gasteiger partial charge in [-0.25, -0.2) is 9.36 Å². The Labute approximate surface area is 106 Å². The zero-order chi connectivity index (χ0) is 14.0. The summed E-state index contributed by atoms with van der Waals surface area (Å²) >= 11 is 0. The lowest BCUT2D eigenvalue weighted by atomic mass is 10.3. The molecule has 0 aromatic carbocycles. The fourth-order valence-corrected chi connectivity index (χ4v) is 1.70. The SMILES string of the molecule is CCCOP(=O)(O)OC(=O)C(O)=CCCCOC. The Bertz CT molecular complexity index is 326. The van der Waals surface area contributed by atoms with Crippen molar-refractivity contribution in [1.82, 2.24) is 0 Å². The lowest BCUT2D eigenvalue weighted by Crippen LogP contribution is -2.08. The number of phosphoric acid groups is 1. The first-order valence-corrected chi connectivity index (χ1v) is 7.01. The number of phosphoric ester groups is 1. The van der Waals surface area contributed by atoms with Crippen LogP contribution in [0.3, 0.4) is 0 Å². The van der Waals surface area contributed by atoms with Gasteiger partial charge in [0.05, 0.1) is 6.61 Å². The quantitative estimate of drug-likeness (QED) is 0.288. The zero-order valence-electron chi connectivity index (χ0n) is 10.5. The summed E-state index contributed by atoms with van der Waals surface area (Å²) < 4.78 is 24.6. The molecule has 0 saturated carbocycles. The number of rotatable bonds is 9. The Morgan fingerprint density at radius 3 is 2.61 bits per heavy atom. The number of hydrogen-bond acceptors (Lipinski definition) is 6. The average molecular weight is 282 g/mol. The van der Waals surface area contributed by atoms with Gasteiger partial charge in [0.1, 0.15) is 0 Å². The molecule has 0 aliphatic rings. The number of ether oxygens (including phenoxy) is 1. The van der Waals surface area contributed by atoms with Crippen LogP contribution in [0.5, 0.6) is 0 Å². The van der Waals surface area contributed by atoms with Gasteiger partial charge >= 0.3 is 13.8 Å². The van der Waals surface area contributed by atoms with Crippen LogP contribution in [0, 0.1) is 0 Å². The van der Waals surface area contributed by atoms with Gasteiger partial charge in [-0.05, 0) is 25.3 Å². The van der Waals surface area contributed by atoms with Crippen LogP contribution in [0.4, 0.5) is 0 Å². The van der Waals surface area contributed by atoms with E-state index in [1.54, 1.807) is 6.92 Å². The molecule has 0 fully saturated rings. The third-order valence-electron chi connectivity index (χ3n) is 1.76. The second-order valence-corrected chi connectivity index (χ2v) is 4.78. The lowest BCUT2D eigenvalue weighted by molar-refractivity contribution is -0.134. The highest BCUT2D eigenvalue weighted by molar-refractivity contribution is 7.48. The molecule has 0 heterocycles. The van der Waals surface area contributed by atoms with Crippen molar-refractivity contribution in [3.05, 3.63) is 11.8 Å². The van der Waals surface area contributed by atoms with Gasteiger partial charge in [0.25, 0.3) is 0 Å². The van der Waals surface area contributed by atoms with E-state index >= 15 is 0 Å². The maximum Gasteiger partial charge on any atom is 0.529 e. The van der Waals surface area contributed by atoms with E-state index in [-0.39, 0.29) is 6.61 Å². The maximum absolute atomic E-state index is 11.2. The van der Waals surface area contributed by atoms with Crippen LogP contribution in [0.1, 0.15) is 26.2 Å². The Morgan fingerprint density at radius 2 is 2.06 bits per heavy atom. The largest absolute Gasteiger partial charge is 0.529 e. The van der Waals surface area contributed by atoms with E-state index in [1.165, 1.54) is 13.2 Å². The number of carbonyl (C=O) groups is 1. The summed E-state index contributed by atoms with van der Waals surface area (Å²) in [5.41, 5.74) is 0. The zero-order valence-corrected chi connectivity index (χ0v) is 11.4. The number of hydrogen-bond donors (Lipinski definition) is 2. The Morgan fingerprint density at radius 1 is 1.39 bits per heavy atom. The second-order valence-electron chi connectivity index (χ2n) is 3.40. The minimum atomic E-state index is -4.44. The summed E-state index contributed by atoms with van der Waals surface area (Å²) in [6.45, 7) is 2.20. The van der Waals surface area contributed by atoms with E-state index in [0.29, 0.717) is 25.9 Å². The summed E-state index contributed by atoms with van der Waals surface area (Å²) in [4.78, 5) is 20.3. The Hall–Kier alpha value is -0.880. The van der Waals surface area contributed by atoms with E-state index in [4.69, 9.17) is 9.63 Å². The summed E-state index contributed by atoms with van der Waals surface area (Å²) in [5.74, 6) is -2.00. The fourth-order valence-electron chi connectivity index (χ4n) is 0.934. The maximum atomic E-state index is 11.2. The molecule has 0 bridgehead atoms. The minimum Gasteiger partial charge on any atom is -0.502 e. The number of aliphatic hydroxyl groups excluding tert-OH is 1. The van der Waals surface area contributed by atoms with Crippen LogP contribution in [-0.2, 0) is 23.1 Å². The van der Waals surface area contributed by atoms with Crippen molar-refractivity contribution in [1.29, 1.82) is 0 Å². The lowest BCUT2D eigenvalue weighted by Gasteiger charge is -2.10. The molecule has 0 aromatic heterocycles. The molecule has 0 spiro atoms. The molecule has 0 aromatic rings. The summed E-state index contributed by atoms with van der Waals surface area (Å²) in [5, 5.41) is 9.26. The number of allylic oxidation sites excluding steroid dienone is 1. The van der Waals surface area contributed by atoms with Gasteiger partial charge in [-0.2, -0.15) is 0 Å². The first-order valence-electron chi connectivity index (χ1n) is 5.52. The molecule has 0 radical (unpaired) electrons. The van der Waals surface area contributed by atoms with Crippen molar-refractivity contribution in [2.24, 2.45) is 0 Å². The van der Waals surface area contributed by atoms with E-state index in [0.717, 1.165) is 0 Å². The van der Waals surface area contributed by atoms with Crippen molar-refractivity contribution in [2.75, 3.05) is 20.3 Å². The Kier molecular flexibility index (Phi) is 8.66. The van der Waals surface area contributed by atoms with E-state index in [9.17, 15) is 14.5 Å². The van der Waals surface area contributed by atoms with Gasteiger partial charge < -0.3 is 14.4 Å². The average Bonchev–Trinajstić information content (AvgIpc) is 2.31. The molecule has 7 nitrogen and oxygen atoms in total. The summed E-state index contributed by atoms with van der Waals surface area (Å²) in [6, 6.07) is 0. The molecular weight excluding hydrogens is 263 g/mol. The first kappa shape index (κ1) is 17.1. The highest BCUT2D eigenvalue weighted by Crippen LogP contribution is 2.43. The smallest absolute Gasteiger partial charge is 0.502 e. The van der Waals surface area contributed by atoms with Crippen LogP contribution >= 0.6 is 7.82 Å². The standard InChI is InChI=1S/C10H19O7P/c1-3-7-16-18(13,14)17-10(12)9(11)6-4-5-8-15-2/h6,11H,3-5,7-8H2,1-2H3,(H,13,14). The molecule has 1 unspecified atom stereocenters. The molecule has 0 aliphatic carbocycles. The second kappa shape index (κ2) is 9.10. The molecule has 0 rings (SSSR count). The van der Waals surface area contributed by atoms with Crippen LogP contribution in [0.25, 0.3) is 0 Å². The predicted molar refractivity (Wildman–Crippen MR) is 64.0 cm³/mol. The fraction of sp³-hybridized carbons (Fsp3) is 0.700. The van der Waals surface area contributed by atoms with Crippen molar-refractivity contribution in [3.63, 3.8) is 0 Å². The first-order chi connectivity index (χ1) is 8.43. The van der Waals surface area contributed by atoms with Crippen LogP contribution < -0.4 is 0 Å². The molecule has 8 heteroatoms. The van der Waals surface area contributed by atoms with Crippen molar-refractivity contribution in [2.45, 2.75) is 26.2 Å². The monoisotopic (exact) mass is 282 g/mol. The van der Waals surface area contributed by atoms with Crippen molar-refractivity contribution in [3.8, 4) is 0 Å². The van der Waals surface area contributed by atoms with E-state index in [2.05, 4.69) is 9.05 Å². The van der Waals surface area contributed by atoms with E-state index in [1.807, 2.05) is 0 Å². The van der Waals surface area contributed by atoms with Crippen molar-refractivity contribution >= 4 is 13.8 Å². The molecule has 0 aliphatic heterocycles. The normalized spacial score (nSPS) is 15.2. The predicted octanol–water partition coefficient (Wildman–Crippen LogP) is 1.93. The van der Waals surface area contributed by atoms with E-state index < -0.39 is 19.6 Å². The molecule has 106 valence electrons. The number of carbonyl (C=O) groups excluding carboxylic acids is 1. The summed E-state index contributed by atoms with van der Waals surface area (Å²) in [6.07, 6.45) is 2.69. The van der Waals surface area contributed by atoms with Crippen LogP contribution in [0.2, 0.25) is 0 Å². The molecule has 18 heavy (non-hydrogen) atoms. The van der Waals surface area contributed by atoms with Crippen LogP contribution in [-0.4, -0.2) is 36.3 Å². The van der Waals surface area contributed by atoms with Gasteiger partial charge in [0.15, 0.2) is 5.76 Å². The van der Waals surface area contributed by atoms with Gasteiger partial charge in [-0.15, -0.1) is 0 Å². The van der Waals surface area contributed by atoms with Gasteiger partial charge in [-0.3, -0.25) is 9.42 Å². The highest BCUT2D eigenvalue weighted by atomic mass is 31.2. The third kappa shape index (κ3) is 8.25. The molecule has 2 N–H and O–H groups in total. The van der Waals surface area contributed by atoms with Gasteiger partial charge in [0, 0.05) is 13.7 Å². The number of methoxy groups -OCH3 is 1. The molecular formula is C10H19O7P. The number of unbranched alkanes of at least 4 members (excludes halogenated alkanes) is 1. The highest BCUT2D eigenvalue weighted by Gasteiger charge is 2.27. The van der Waals surface area contributed by atoms with Crippen LogP contribution in [0.15, 0.2) is 11.8 Å². The molecule has 1 atom stereocenters. The molecule has 0 saturated heterocycles. The third-order valence-corrected chi connectivity index (χ3v) is 2.66. The van der Waals surface area contributed by atoms with Gasteiger partial charge in [0.2, 0.25) is 0 Å². The minimum absolute atomic E-state index is 0.0145. The number of aliphatic hydroxyl groups is 1. The summed E-state index contributed by atoms with van der Waals surface area (Å²) in [7, 11) is -2.91. The topological polar surface area (TPSA) is 102 Å². The Balaban J connectivity index is 4.17.